The summed E-state index contributed by atoms with van der Waals surface area (Å²) in [4.78, 5) is 0. The third-order valence-electron chi connectivity index (χ3n) is 0.702. The molecule has 0 fully saturated rings. The molecule has 0 saturated carbocycles. The van der Waals surface area contributed by atoms with Gasteiger partial charge in [0.1, 0.15) is 0 Å². The van der Waals surface area contributed by atoms with Crippen LogP contribution in [0, 0.1) is 5.92 Å². The molecular formula is C10H10. The van der Waals surface area contributed by atoms with Gasteiger partial charge in [-0.2, -0.15) is 0 Å². The minimum atomic E-state index is 0.502. The predicted octanol–water partition coefficient (Wildman–Crippen LogP) is 2.60. The molecule has 0 rings (SSSR count). The van der Waals surface area contributed by atoms with Gasteiger partial charge in [0.25, 0.3) is 0 Å². The summed E-state index contributed by atoms with van der Waals surface area (Å²) in [5.74, 6) is 0.502. The second-order valence-electron chi connectivity index (χ2n) is 2.11. The lowest BCUT2D eigenvalue weighted by Crippen LogP contribution is -1.72. The third-order valence-corrected chi connectivity index (χ3v) is 0.702. The maximum Gasteiger partial charge on any atom is -0.00138 e. The van der Waals surface area contributed by atoms with Crippen LogP contribution in [0.5, 0.6) is 0 Å². The largest absolute Gasteiger partial charge is 0.0687 e. The van der Waals surface area contributed by atoms with Gasteiger partial charge in [0.2, 0.25) is 0 Å². The first-order chi connectivity index (χ1) is 4.77. The van der Waals surface area contributed by atoms with Crippen molar-refractivity contribution in [1.29, 1.82) is 0 Å². The van der Waals surface area contributed by atoms with E-state index < -0.39 is 0 Å². The Morgan fingerprint density at radius 2 is 1.90 bits per heavy atom. The van der Waals surface area contributed by atoms with Crippen LogP contribution in [0.4, 0.5) is 0 Å². The molecule has 0 saturated heterocycles. The molecular weight excluding hydrogens is 120 g/mol. The fraction of sp³-hybridized carbons (Fsp3) is 0.300. The Kier molecular flexibility index (Phi) is 4.99. The molecule has 0 heterocycles. The van der Waals surface area contributed by atoms with Gasteiger partial charge in [-0.05, 0) is 35.8 Å². The average Bonchev–Trinajstić information content (AvgIpc) is 1.87. The first kappa shape index (κ1) is 8.64. The zero-order valence-corrected chi connectivity index (χ0v) is 6.36. The fourth-order valence-corrected chi connectivity index (χ4v) is 0.320. The Morgan fingerprint density at radius 1 is 1.20 bits per heavy atom. The average molecular weight is 130 g/mol. The van der Waals surface area contributed by atoms with Crippen molar-refractivity contribution in [3.8, 4) is 0 Å². The van der Waals surface area contributed by atoms with E-state index in [0.29, 0.717) is 5.92 Å². The first-order valence-electron chi connectivity index (χ1n) is 3.13. The van der Waals surface area contributed by atoms with Crippen LogP contribution >= 0.6 is 0 Å². The summed E-state index contributed by atoms with van der Waals surface area (Å²) in [6, 6.07) is 0. The minimum Gasteiger partial charge on any atom is -0.0687 e. The number of allylic oxidation sites excluding steroid dienone is 1. The predicted molar refractivity (Wildman–Crippen MR) is 42.6 cm³/mol. The Hall–Kier alpha value is -1.36. The molecule has 10 heavy (non-hydrogen) atoms. The van der Waals surface area contributed by atoms with Gasteiger partial charge in [-0.3, -0.25) is 0 Å². The van der Waals surface area contributed by atoms with E-state index >= 15 is 0 Å². The van der Waals surface area contributed by atoms with Crippen LogP contribution in [0.2, 0.25) is 0 Å². The van der Waals surface area contributed by atoms with Gasteiger partial charge in [0.15, 0.2) is 0 Å². The van der Waals surface area contributed by atoms with Crippen LogP contribution in [0.1, 0.15) is 13.8 Å². The smallest absolute Gasteiger partial charge is 0.00138 e. The molecule has 0 aromatic heterocycles. The van der Waals surface area contributed by atoms with Crippen LogP contribution in [0.15, 0.2) is 41.3 Å². The van der Waals surface area contributed by atoms with E-state index in [1.54, 1.807) is 0 Å². The van der Waals surface area contributed by atoms with Gasteiger partial charge in [0.05, 0.1) is 0 Å². The highest BCUT2D eigenvalue weighted by atomic mass is 13.8. The van der Waals surface area contributed by atoms with E-state index in [-0.39, 0.29) is 0 Å². The number of rotatable bonds is 1. The Labute approximate surface area is 61.9 Å². The van der Waals surface area contributed by atoms with Crippen LogP contribution < -0.4 is 0 Å². The Balaban J connectivity index is 4.54. The van der Waals surface area contributed by atoms with Gasteiger partial charge in [-0.1, -0.05) is 25.3 Å². The van der Waals surface area contributed by atoms with E-state index in [9.17, 15) is 0 Å². The minimum absolute atomic E-state index is 0.502. The molecule has 50 valence electrons. The van der Waals surface area contributed by atoms with E-state index in [1.807, 2.05) is 6.08 Å². The molecule has 0 heteroatoms. The highest BCUT2D eigenvalue weighted by Crippen LogP contribution is 1.89. The summed E-state index contributed by atoms with van der Waals surface area (Å²) in [6.07, 6.45) is 1.90. The normalized spacial score (nSPS) is 6.30. The molecule has 0 spiro atoms. The summed E-state index contributed by atoms with van der Waals surface area (Å²) in [5.41, 5.74) is 13.0. The molecule has 0 unspecified atom stereocenters. The van der Waals surface area contributed by atoms with Crippen molar-refractivity contribution in [2.75, 3.05) is 0 Å². The SMILES string of the molecule is C=C=C=C=C=C=CC(C)C. The van der Waals surface area contributed by atoms with E-state index in [4.69, 9.17) is 0 Å². The third kappa shape index (κ3) is 6.64. The Bertz CT molecular complexity index is 263. The van der Waals surface area contributed by atoms with Crippen molar-refractivity contribution in [2.24, 2.45) is 5.92 Å². The van der Waals surface area contributed by atoms with Crippen molar-refractivity contribution in [2.45, 2.75) is 13.8 Å². The van der Waals surface area contributed by atoms with Crippen molar-refractivity contribution in [3.63, 3.8) is 0 Å². The first-order valence-corrected chi connectivity index (χ1v) is 3.13. The monoisotopic (exact) mass is 130 g/mol. The lowest BCUT2D eigenvalue weighted by Gasteiger charge is -1.83. The molecule has 0 bridgehead atoms. The second-order valence-corrected chi connectivity index (χ2v) is 2.11. The summed E-state index contributed by atoms with van der Waals surface area (Å²) >= 11 is 0. The molecule has 0 aromatic carbocycles. The molecule has 0 N–H and O–H groups in total. The standard InChI is InChI=1S/C10H10/c1-4-5-6-7-8-9-10(2)3/h9-10H,1H2,2-3H3. The van der Waals surface area contributed by atoms with Crippen molar-refractivity contribution in [1.82, 2.24) is 0 Å². The maximum atomic E-state index is 3.32. The number of hydrogen-bond donors (Lipinski definition) is 0. The van der Waals surface area contributed by atoms with E-state index in [1.165, 1.54) is 0 Å². The van der Waals surface area contributed by atoms with Gasteiger partial charge in [0, 0.05) is 0 Å². The molecule has 0 atom stereocenters. The second kappa shape index (κ2) is 5.77. The lowest BCUT2D eigenvalue weighted by molar-refractivity contribution is 0.833. The number of hydrogen-bond acceptors (Lipinski definition) is 0. The van der Waals surface area contributed by atoms with Crippen LogP contribution in [-0.4, -0.2) is 0 Å². The van der Waals surface area contributed by atoms with Crippen molar-refractivity contribution < 1.29 is 0 Å². The van der Waals surface area contributed by atoms with Gasteiger partial charge < -0.3 is 0 Å². The topological polar surface area (TPSA) is 0 Å². The zero-order chi connectivity index (χ0) is 7.82. The highest BCUT2D eigenvalue weighted by Gasteiger charge is 1.77. The molecule has 0 aliphatic carbocycles. The Morgan fingerprint density at radius 3 is 2.40 bits per heavy atom. The molecule has 0 aliphatic rings. The summed E-state index contributed by atoms with van der Waals surface area (Å²) < 4.78 is 0. The molecule has 0 radical (unpaired) electrons. The van der Waals surface area contributed by atoms with Crippen molar-refractivity contribution >= 4 is 0 Å². The summed E-state index contributed by atoms with van der Waals surface area (Å²) in [7, 11) is 0. The summed E-state index contributed by atoms with van der Waals surface area (Å²) in [6.45, 7) is 7.46. The van der Waals surface area contributed by atoms with Crippen LogP contribution in [-0.2, 0) is 0 Å². The lowest BCUT2D eigenvalue weighted by atomic mass is 10.2. The van der Waals surface area contributed by atoms with Gasteiger partial charge >= 0.3 is 0 Å². The zero-order valence-electron chi connectivity index (χ0n) is 6.36. The maximum absolute atomic E-state index is 3.32. The van der Waals surface area contributed by atoms with Crippen molar-refractivity contribution in [3.05, 3.63) is 41.3 Å². The molecule has 0 amide bonds. The highest BCUT2D eigenvalue weighted by molar-refractivity contribution is 4.88. The van der Waals surface area contributed by atoms with Gasteiger partial charge in [-0.25, -0.2) is 0 Å². The molecule has 0 nitrogen and oxygen atoms in total. The molecule has 0 aliphatic heterocycles. The van der Waals surface area contributed by atoms with Crippen LogP contribution in [0.25, 0.3) is 0 Å². The van der Waals surface area contributed by atoms with E-state index in [0.717, 1.165) is 0 Å². The van der Waals surface area contributed by atoms with E-state index in [2.05, 4.69) is 49.1 Å². The van der Waals surface area contributed by atoms with Crippen LogP contribution in [0.3, 0.4) is 0 Å². The fourth-order valence-electron chi connectivity index (χ4n) is 0.320. The van der Waals surface area contributed by atoms with Gasteiger partial charge in [-0.15, -0.1) is 0 Å². The summed E-state index contributed by atoms with van der Waals surface area (Å²) in [5, 5.41) is 0. The quantitative estimate of drug-likeness (QED) is 0.478. The molecule has 0 aromatic rings.